The fraction of sp³-hybridized carbons (Fsp3) is 0.545. The van der Waals surface area contributed by atoms with Crippen LogP contribution >= 0.6 is 0 Å². The van der Waals surface area contributed by atoms with E-state index in [-0.39, 0.29) is 11.9 Å². The van der Waals surface area contributed by atoms with Gasteiger partial charge in [0.1, 0.15) is 5.76 Å². The van der Waals surface area contributed by atoms with Crippen molar-refractivity contribution in [3.63, 3.8) is 0 Å². The molecule has 1 heterocycles. The molecule has 2 atom stereocenters. The zero-order valence-electron chi connectivity index (χ0n) is 9.19. The van der Waals surface area contributed by atoms with Crippen LogP contribution in [0.1, 0.15) is 26.0 Å². The molecule has 0 bridgehead atoms. The summed E-state index contributed by atoms with van der Waals surface area (Å²) in [6, 6.07) is 3.36. The van der Waals surface area contributed by atoms with Crippen molar-refractivity contribution in [3.8, 4) is 0 Å². The first-order valence-electron chi connectivity index (χ1n) is 5.21. The summed E-state index contributed by atoms with van der Waals surface area (Å²) < 4.78 is 5.19. The number of carbonyl (C=O) groups is 1. The van der Waals surface area contributed by atoms with Crippen LogP contribution < -0.4 is 11.1 Å². The maximum atomic E-state index is 11.4. The van der Waals surface area contributed by atoms with Crippen molar-refractivity contribution in [2.45, 2.75) is 38.8 Å². The van der Waals surface area contributed by atoms with Gasteiger partial charge in [-0.1, -0.05) is 6.92 Å². The largest absolute Gasteiger partial charge is 0.469 e. The van der Waals surface area contributed by atoms with E-state index in [2.05, 4.69) is 5.32 Å². The maximum Gasteiger partial charge on any atom is 0.237 e. The zero-order valence-corrected chi connectivity index (χ0v) is 9.19. The first kappa shape index (κ1) is 11.8. The molecule has 0 aliphatic carbocycles. The van der Waals surface area contributed by atoms with Crippen LogP contribution in [0, 0.1) is 0 Å². The standard InChI is InChI=1S/C11H18N2O2/c1-3-10(12)11(14)13-8(2)7-9-5-4-6-15-9/h4-6,8,10H,3,7,12H2,1-2H3,(H,13,14). The van der Waals surface area contributed by atoms with Crippen LogP contribution in [0.3, 0.4) is 0 Å². The zero-order chi connectivity index (χ0) is 11.3. The lowest BCUT2D eigenvalue weighted by Crippen LogP contribution is -2.44. The lowest BCUT2D eigenvalue weighted by atomic mass is 10.1. The summed E-state index contributed by atoms with van der Waals surface area (Å²) >= 11 is 0. The Morgan fingerprint density at radius 1 is 1.67 bits per heavy atom. The van der Waals surface area contributed by atoms with Crippen molar-refractivity contribution < 1.29 is 9.21 Å². The molecule has 0 aliphatic rings. The van der Waals surface area contributed by atoms with E-state index in [1.54, 1.807) is 6.26 Å². The van der Waals surface area contributed by atoms with Crippen LogP contribution in [0.5, 0.6) is 0 Å². The lowest BCUT2D eigenvalue weighted by molar-refractivity contribution is -0.123. The minimum Gasteiger partial charge on any atom is -0.469 e. The molecule has 1 amide bonds. The van der Waals surface area contributed by atoms with Crippen molar-refractivity contribution in [2.75, 3.05) is 0 Å². The Bertz CT molecular complexity index is 296. The maximum absolute atomic E-state index is 11.4. The van der Waals surface area contributed by atoms with Gasteiger partial charge in [0.15, 0.2) is 0 Å². The smallest absolute Gasteiger partial charge is 0.237 e. The number of hydrogen-bond acceptors (Lipinski definition) is 3. The number of rotatable bonds is 5. The fourth-order valence-electron chi connectivity index (χ4n) is 1.32. The molecule has 4 heteroatoms. The second-order valence-electron chi connectivity index (χ2n) is 3.71. The minimum atomic E-state index is -0.413. The number of hydrogen-bond donors (Lipinski definition) is 2. The third-order valence-corrected chi connectivity index (χ3v) is 2.25. The lowest BCUT2D eigenvalue weighted by Gasteiger charge is -2.15. The summed E-state index contributed by atoms with van der Waals surface area (Å²) in [5, 5.41) is 2.84. The van der Waals surface area contributed by atoms with Crippen LogP contribution in [-0.2, 0) is 11.2 Å². The molecule has 0 radical (unpaired) electrons. The number of carbonyl (C=O) groups excluding carboxylic acids is 1. The quantitative estimate of drug-likeness (QED) is 0.763. The Labute approximate surface area is 89.8 Å². The Morgan fingerprint density at radius 3 is 2.93 bits per heavy atom. The first-order valence-corrected chi connectivity index (χ1v) is 5.21. The molecular formula is C11H18N2O2. The van der Waals surface area contributed by atoms with Crippen LogP contribution in [0.25, 0.3) is 0 Å². The molecule has 1 aromatic heterocycles. The van der Waals surface area contributed by atoms with E-state index in [0.717, 1.165) is 5.76 Å². The Balaban J connectivity index is 2.36. The Morgan fingerprint density at radius 2 is 2.40 bits per heavy atom. The van der Waals surface area contributed by atoms with Crippen LogP contribution in [0.2, 0.25) is 0 Å². The van der Waals surface area contributed by atoms with E-state index in [4.69, 9.17) is 10.2 Å². The van der Waals surface area contributed by atoms with Gasteiger partial charge in [-0.3, -0.25) is 4.79 Å². The summed E-state index contributed by atoms with van der Waals surface area (Å²) in [4.78, 5) is 11.4. The van der Waals surface area contributed by atoms with Crippen LogP contribution in [0.15, 0.2) is 22.8 Å². The van der Waals surface area contributed by atoms with Crippen molar-refractivity contribution in [1.82, 2.24) is 5.32 Å². The molecule has 0 fully saturated rings. The third-order valence-electron chi connectivity index (χ3n) is 2.25. The van der Waals surface area contributed by atoms with E-state index in [0.29, 0.717) is 12.8 Å². The van der Waals surface area contributed by atoms with Crippen LogP contribution in [0.4, 0.5) is 0 Å². The number of furan rings is 1. The van der Waals surface area contributed by atoms with E-state index in [9.17, 15) is 4.79 Å². The second-order valence-corrected chi connectivity index (χ2v) is 3.71. The number of nitrogens with one attached hydrogen (secondary N) is 1. The highest BCUT2D eigenvalue weighted by atomic mass is 16.3. The van der Waals surface area contributed by atoms with Gasteiger partial charge < -0.3 is 15.5 Å². The molecule has 0 aromatic carbocycles. The molecule has 0 spiro atoms. The number of nitrogens with two attached hydrogens (primary N) is 1. The van der Waals surface area contributed by atoms with Gasteiger partial charge in [0.25, 0.3) is 0 Å². The molecule has 1 aromatic rings. The predicted molar refractivity (Wildman–Crippen MR) is 58.3 cm³/mol. The summed E-state index contributed by atoms with van der Waals surface area (Å²) in [5.74, 6) is 0.768. The molecule has 4 nitrogen and oxygen atoms in total. The normalized spacial score (nSPS) is 14.6. The van der Waals surface area contributed by atoms with Crippen LogP contribution in [-0.4, -0.2) is 18.0 Å². The van der Waals surface area contributed by atoms with Crippen molar-refractivity contribution in [3.05, 3.63) is 24.2 Å². The van der Waals surface area contributed by atoms with Crippen molar-refractivity contribution >= 4 is 5.91 Å². The average Bonchev–Trinajstić information content (AvgIpc) is 2.68. The molecule has 3 N–H and O–H groups in total. The summed E-state index contributed by atoms with van der Waals surface area (Å²) in [7, 11) is 0. The van der Waals surface area contributed by atoms with E-state index >= 15 is 0 Å². The predicted octanol–water partition coefficient (Wildman–Crippen LogP) is 1.06. The van der Waals surface area contributed by atoms with Crippen molar-refractivity contribution in [2.24, 2.45) is 5.73 Å². The molecule has 2 unspecified atom stereocenters. The molecule has 84 valence electrons. The highest BCUT2D eigenvalue weighted by Crippen LogP contribution is 2.03. The molecular weight excluding hydrogens is 192 g/mol. The number of amides is 1. The molecule has 1 rings (SSSR count). The molecule has 0 saturated carbocycles. The Kier molecular flexibility index (Phi) is 4.37. The van der Waals surface area contributed by atoms with Gasteiger partial charge >= 0.3 is 0 Å². The highest BCUT2D eigenvalue weighted by molar-refractivity contribution is 5.81. The van der Waals surface area contributed by atoms with Gasteiger partial charge in [0.2, 0.25) is 5.91 Å². The monoisotopic (exact) mass is 210 g/mol. The van der Waals surface area contributed by atoms with Crippen molar-refractivity contribution in [1.29, 1.82) is 0 Å². The summed E-state index contributed by atoms with van der Waals surface area (Å²) in [6.45, 7) is 3.82. The summed E-state index contributed by atoms with van der Waals surface area (Å²) in [5.41, 5.74) is 5.60. The van der Waals surface area contributed by atoms with Gasteiger partial charge in [-0.05, 0) is 25.5 Å². The van der Waals surface area contributed by atoms with Gasteiger partial charge in [-0.25, -0.2) is 0 Å². The highest BCUT2D eigenvalue weighted by Gasteiger charge is 2.14. The SMILES string of the molecule is CCC(N)C(=O)NC(C)Cc1ccco1. The first-order chi connectivity index (χ1) is 7.13. The average molecular weight is 210 g/mol. The van der Waals surface area contributed by atoms with E-state index in [1.165, 1.54) is 0 Å². The Hall–Kier alpha value is -1.29. The molecule has 0 aliphatic heterocycles. The third kappa shape index (κ3) is 3.75. The van der Waals surface area contributed by atoms with E-state index < -0.39 is 6.04 Å². The molecule has 15 heavy (non-hydrogen) atoms. The second kappa shape index (κ2) is 5.56. The van der Waals surface area contributed by atoms with Gasteiger partial charge in [-0.2, -0.15) is 0 Å². The topological polar surface area (TPSA) is 68.3 Å². The van der Waals surface area contributed by atoms with Gasteiger partial charge in [-0.15, -0.1) is 0 Å². The van der Waals surface area contributed by atoms with Gasteiger partial charge in [0.05, 0.1) is 12.3 Å². The van der Waals surface area contributed by atoms with E-state index in [1.807, 2.05) is 26.0 Å². The summed E-state index contributed by atoms with van der Waals surface area (Å²) in [6.07, 6.45) is 2.97. The fourth-order valence-corrected chi connectivity index (χ4v) is 1.32. The van der Waals surface area contributed by atoms with Gasteiger partial charge in [0, 0.05) is 12.5 Å². The minimum absolute atomic E-state index is 0.0428. The molecule has 0 saturated heterocycles.